The van der Waals surface area contributed by atoms with E-state index in [0.29, 0.717) is 0 Å². The van der Waals surface area contributed by atoms with Crippen molar-refractivity contribution in [3.05, 3.63) is 58.1 Å². The van der Waals surface area contributed by atoms with Gasteiger partial charge in [0.1, 0.15) is 11.5 Å². The maximum atomic E-state index is 8.95. The second kappa shape index (κ2) is 5.84. The summed E-state index contributed by atoms with van der Waals surface area (Å²) in [5.74, 6) is 2.16. The number of rotatable bonds is 2. The van der Waals surface area contributed by atoms with Crippen molar-refractivity contribution < 1.29 is 4.74 Å². The van der Waals surface area contributed by atoms with E-state index >= 15 is 0 Å². The van der Waals surface area contributed by atoms with Crippen molar-refractivity contribution in [2.24, 2.45) is 11.3 Å². The smallest absolute Gasteiger partial charge is 0.101 e. The number of hydrogen-bond donors (Lipinski definition) is 1. The minimum atomic E-state index is -0.0945. The molecule has 25 heavy (non-hydrogen) atoms. The Kier molecular flexibility index (Phi) is 3.88. The summed E-state index contributed by atoms with van der Waals surface area (Å²) in [6, 6.07) is 8.78. The molecule has 0 saturated heterocycles. The number of hydrogen-bond acceptors (Lipinski definition) is 3. The molecule has 2 heterocycles. The molecule has 4 rings (SSSR count). The van der Waals surface area contributed by atoms with Crippen LogP contribution in [0.15, 0.2) is 46.9 Å². The van der Waals surface area contributed by atoms with Crippen molar-refractivity contribution in [3.63, 3.8) is 0 Å². The summed E-state index contributed by atoms with van der Waals surface area (Å²) >= 11 is 0. The molecule has 0 radical (unpaired) electrons. The number of nitrogens with zero attached hydrogens (tertiary/aromatic N) is 1. The van der Waals surface area contributed by atoms with Gasteiger partial charge in [-0.05, 0) is 55.9 Å². The lowest BCUT2D eigenvalue weighted by Gasteiger charge is -2.36. The highest BCUT2D eigenvalue weighted by Gasteiger charge is 2.48. The Morgan fingerprint density at radius 1 is 1.16 bits per heavy atom. The van der Waals surface area contributed by atoms with Crippen LogP contribution in [0.5, 0.6) is 0 Å². The molecule has 2 atom stereocenters. The summed E-state index contributed by atoms with van der Waals surface area (Å²) in [6.45, 7) is 11.5. The Bertz CT molecular complexity index is 804. The van der Waals surface area contributed by atoms with Crippen molar-refractivity contribution in [3.8, 4) is 0 Å². The predicted molar refractivity (Wildman–Crippen MR) is 102 cm³/mol. The lowest BCUT2D eigenvalue weighted by atomic mass is 9.82. The molecule has 132 valence electrons. The van der Waals surface area contributed by atoms with Gasteiger partial charge < -0.3 is 10.1 Å². The number of fused-ring (bicyclic) bond motifs is 2. The second-order valence-electron chi connectivity index (χ2n) is 8.24. The average molecular weight is 336 g/mol. The summed E-state index contributed by atoms with van der Waals surface area (Å²) in [5.41, 5.74) is 6.26. The molecule has 0 bridgehead atoms. The standard InChI is InChI=1S/C22H28N2O/c1-14-15(2)25-16(3)19-11-22(4,21(23)20(14)19)13-24-10-9-17-7-5-6-8-18(17)12-24/h5-8,20,23H,9-13H2,1-4H3. The van der Waals surface area contributed by atoms with Crippen LogP contribution in [-0.2, 0) is 17.7 Å². The molecule has 3 nitrogen and oxygen atoms in total. The van der Waals surface area contributed by atoms with Gasteiger partial charge in [0.05, 0.1) is 0 Å². The summed E-state index contributed by atoms with van der Waals surface area (Å²) in [6.07, 6.45) is 2.07. The first-order valence-electron chi connectivity index (χ1n) is 9.32. The maximum absolute atomic E-state index is 8.95. The number of benzene rings is 1. The summed E-state index contributed by atoms with van der Waals surface area (Å²) in [4.78, 5) is 2.54. The molecule has 0 spiro atoms. The van der Waals surface area contributed by atoms with Crippen LogP contribution in [0.1, 0.15) is 45.2 Å². The van der Waals surface area contributed by atoms with Crippen LogP contribution in [0.3, 0.4) is 0 Å². The number of nitrogens with one attached hydrogen (secondary N) is 1. The third kappa shape index (κ3) is 2.65. The summed E-state index contributed by atoms with van der Waals surface area (Å²) in [5, 5.41) is 8.95. The highest BCUT2D eigenvalue weighted by atomic mass is 16.5. The molecule has 3 aliphatic rings. The van der Waals surface area contributed by atoms with Crippen molar-refractivity contribution in [2.75, 3.05) is 13.1 Å². The van der Waals surface area contributed by atoms with E-state index in [0.717, 1.165) is 49.7 Å². The molecule has 1 N–H and O–H groups in total. The summed E-state index contributed by atoms with van der Waals surface area (Å²) in [7, 11) is 0. The molecule has 1 aromatic rings. The zero-order chi connectivity index (χ0) is 17.8. The van der Waals surface area contributed by atoms with E-state index in [1.165, 1.54) is 22.3 Å². The molecule has 2 aliphatic heterocycles. The van der Waals surface area contributed by atoms with Gasteiger partial charge in [0.25, 0.3) is 0 Å². The van der Waals surface area contributed by atoms with E-state index in [1.807, 2.05) is 6.92 Å². The number of allylic oxidation sites excluding steroid dienone is 4. The van der Waals surface area contributed by atoms with Crippen LogP contribution in [0.25, 0.3) is 0 Å². The van der Waals surface area contributed by atoms with Gasteiger partial charge in [-0.3, -0.25) is 4.90 Å². The van der Waals surface area contributed by atoms with Gasteiger partial charge in [0.15, 0.2) is 0 Å². The van der Waals surface area contributed by atoms with Gasteiger partial charge in [-0.25, -0.2) is 0 Å². The van der Waals surface area contributed by atoms with Crippen LogP contribution in [0.4, 0.5) is 0 Å². The first-order valence-corrected chi connectivity index (χ1v) is 9.32. The van der Waals surface area contributed by atoms with E-state index in [9.17, 15) is 0 Å². The van der Waals surface area contributed by atoms with Crippen LogP contribution in [0, 0.1) is 16.7 Å². The molecule has 3 heteroatoms. The predicted octanol–water partition coefficient (Wildman–Crippen LogP) is 4.69. The van der Waals surface area contributed by atoms with Crippen LogP contribution in [-0.4, -0.2) is 23.7 Å². The van der Waals surface area contributed by atoms with Crippen molar-refractivity contribution in [2.45, 2.75) is 47.1 Å². The fourth-order valence-corrected chi connectivity index (χ4v) is 4.85. The largest absolute Gasteiger partial charge is 0.467 e. The maximum Gasteiger partial charge on any atom is 0.101 e. The third-order valence-corrected chi connectivity index (χ3v) is 6.40. The van der Waals surface area contributed by atoms with Gasteiger partial charge >= 0.3 is 0 Å². The zero-order valence-electron chi connectivity index (χ0n) is 15.8. The molecule has 1 aliphatic carbocycles. The fourth-order valence-electron chi connectivity index (χ4n) is 4.85. The first kappa shape index (κ1) is 16.6. The highest BCUT2D eigenvalue weighted by molar-refractivity contribution is 5.97. The monoisotopic (exact) mass is 336 g/mol. The molecule has 0 aromatic heterocycles. The normalized spacial score (nSPS) is 29.6. The molecule has 1 fully saturated rings. The highest BCUT2D eigenvalue weighted by Crippen LogP contribution is 2.50. The Labute approximate surface area is 150 Å². The first-order chi connectivity index (χ1) is 11.9. The van der Waals surface area contributed by atoms with Crippen molar-refractivity contribution in [1.82, 2.24) is 4.90 Å². The van der Waals surface area contributed by atoms with E-state index in [4.69, 9.17) is 10.1 Å². The molecule has 1 saturated carbocycles. The topological polar surface area (TPSA) is 36.3 Å². The Hall–Kier alpha value is -1.87. The number of ether oxygens (including phenoxy) is 1. The minimum absolute atomic E-state index is 0.0945. The fraction of sp³-hybridized carbons (Fsp3) is 0.500. The van der Waals surface area contributed by atoms with Gasteiger partial charge in [-0.15, -0.1) is 0 Å². The van der Waals surface area contributed by atoms with Gasteiger partial charge in [0, 0.05) is 36.7 Å². The molecular weight excluding hydrogens is 308 g/mol. The van der Waals surface area contributed by atoms with Crippen molar-refractivity contribution >= 4 is 5.71 Å². The van der Waals surface area contributed by atoms with Gasteiger partial charge in [-0.2, -0.15) is 0 Å². The molecule has 1 aromatic carbocycles. The Morgan fingerprint density at radius 3 is 2.64 bits per heavy atom. The van der Waals surface area contributed by atoms with Crippen molar-refractivity contribution in [1.29, 1.82) is 5.41 Å². The van der Waals surface area contributed by atoms with E-state index < -0.39 is 0 Å². The average Bonchev–Trinajstić information content (AvgIpc) is 2.85. The van der Waals surface area contributed by atoms with Crippen LogP contribution >= 0.6 is 0 Å². The van der Waals surface area contributed by atoms with E-state index in [-0.39, 0.29) is 11.3 Å². The molecular formula is C22H28N2O. The SMILES string of the molecule is CC1=C(C)C2C(=N)C(C)(CN3CCc4ccccc4C3)CC2=C(C)O1. The quantitative estimate of drug-likeness (QED) is 0.850. The minimum Gasteiger partial charge on any atom is -0.467 e. The Balaban J connectivity index is 1.58. The van der Waals surface area contributed by atoms with Gasteiger partial charge in [-0.1, -0.05) is 31.2 Å². The van der Waals surface area contributed by atoms with Crippen LogP contribution < -0.4 is 0 Å². The molecule has 2 unspecified atom stereocenters. The van der Waals surface area contributed by atoms with Crippen LogP contribution in [0.2, 0.25) is 0 Å². The van der Waals surface area contributed by atoms with Gasteiger partial charge in [0.2, 0.25) is 0 Å². The third-order valence-electron chi connectivity index (χ3n) is 6.40. The summed E-state index contributed by atoms with van der Waals surface area (Å²) < 4.78 is 5.94. The Morgan fingerprint density at radius 2 is 1.88 bits per heavy atom. The van der Waals surface area contributed by atoms with E-state index in [2.05, 4.69) is 49.9 Å². The lowest BCUT2D eigenvalue weighted by molar-refractivity contribution is 0.196. The second-order valence-corrected chi connectivity index (χ2v) is 8.24. The molecule has 0 amide bonds. The zero-order valence-corrected chi connectivity index (χ0v) is 15.8. The lowest BCUT2D eigenvalue weighted by Crippen LogP contribution is -2.41. The van der Waals surface area contributed by atoms with E-state index in [1.54, 1.807) is 0 Å².